The molecule has 2 spiro atoms. The zero-order valence-corrected chi connectivity index (χ0v) is 67.9. The molecule has 2 unspecified atom stereocenters. The number of phenolic OH excluding ortho intramolecular Hbond substituents is 4. The molecule has 14 heterocycles. The van der Waals surface area contributed by atoms with Crippen molar-refractivity contribution in [2.24, 2.45) is 0 Å². The van der Waals surface area contributed by atoms with E-state index in [-0.39, 0.29) is 118 Å². The summed E-state index contributed by atoms with van der Waals surface area (Å²) < 4.78 is 119. The molecule has 0 aliphatic carbocycles. The van der Waals surface area contributed by atoms with Gasteiger partial charge in [-0.2, -0.15) is 23.7 Å². The third-order valence-electron chi connectivity index (χ3n) is 25.4. The average molecular weight is 1650 g/mol. The van der Waals surface area contributed by atoms with Crippen molar-refractivity contribution >= 4 is 47.6 Å². The molecule has 117 heavy (non-hydrogen) atoms. The molecule has 0 saturated carbocycles. The molecular formula is C83H87F3N8O21S2. The Morgan fingerprint density at radius 3 is 1.49 bits per heavy atom. The van der Waals surface area contributed by atoms with Crippen molar-refractivity contribution in [2.45, 2.75) is 168 Å². The number of hydrogen-bond donors (Lipinski definition) is 6. The van der Waals surface area contributed by atoms with Gasteiger partial charge in [-0.1, -0.05) is 12.1 Å². The van der Waals surface area contributed by atoms with Gasteiger partial charge in [0.15, 0.2) is 80.1 Å². The Morgan fingerprint density at radius 1 is 0.556 bits per heavy atom. The van der Waals surface area contributed by atoms with Crippen LogP contribution in [0.15, 0.2) is 36.4 Å². The molecule has 6 aromatic rings. The molecule has 14 aliphatic heterocycles. The molecule has 8 bridgehead atoms. The lowest BCUT2D eigenvalue weighted by atomic mass is 9.71. The van der Waals surface area contributed by atoms with E-state index in [9.17, 15) is 58.5 Å². The van der Waals surface area contributed by atoms with E-state index >= 15 is 4.79 Å². The van der Waals surface area contributed by atoms with Gasteiger partial charge in [0.2, 0.25) is 13.6 Å². The first-order valence-electron chi connectivity index (χ1n) is 38.4. The van der Waals surface area contributed by atoms with Crippen LogP contribution in [0.4, 0.5) is 18.0 Å². The van der Waals surface area contributed by atoms with Crippen LogP contribution in [0.1, 0.15) is 144 Å². The third kappa shape index (κ3) is 12.0. The second-order valence-electron chi connectivity index (χ2n) is 32.4. The summed E-state index contributed by atoms with van der Waals surface area (Å²) >= 11 is 2.66. The Balaban J connectivity index is 0.000000172. The summed E-state index contributed by atoms with van der Waals surface area (Å²) in [7, 11) is 9.66. The van der Waals surface area contributed by atoms with E-state index < -0.39 is 124 Å². The van der Waals surface area contributed by atoms with E-state index in [1.54, 1.807) is 66.0 Å². The zero-order valence-electron chi connectivity index (χ0n) is 66.2. The number of rotatable bonds is 6. The van der Waals surface area contributed by atoms with Crippen LogP contribution in [0.5, 0.6) is 80.5 Å². The number of nitriles is 2. The lowest BCUT2D eigenvalue weighted by molar-refractivity contribution is -0.189. The summed E-state index contributed by atoms with van der Waals surface area (Å²) in [5.74, 6) is -1.89. The smallest absolute Gasteiger partial charge is 0.507 e. The number of methoxy groups -OCH3 is 4. The molecule has 6 aromatic carbocycles. The molecule has 20 rings (SSSR count). The Morgan fingerprint density at radius 2 is 1.02 bits per heavy atom. The number of benzene rings is 6. The summed E-state index contributed by atoms with van der Waals surface area (Å²) in [6.45, 7) is 11.8. The fourth-order valence-corrected chi connectivity index (χ4v) is 23.9. The number of alkyl halides is 3. The van der Waals surface area contributed by atoms with E-state index in [1.807, 2.05) is 43.0 Å². The number of likely N-dealkylation sites (N-methyl/N-ethyl adjacent to an activating group) is 2. The molecule has 34 heteroatoms. The Bertz CT molecular complexity index is 5320. The summed E-state index contributed by atoms with van der Waals surface area (Å²) in [6.07, 6.45) is -4.55. The largest absolute Gasteiger partial charge is 0.514 e. The highest BCUT2D eigenvalue weighted by molar-refractivity contribution is 7.99. The Labute approximate surface area is 679 Å². The maximum Gasteiger partial charge on any atom is 0.514 e. The number of piperazine rings is 2. The van der Waals surface area contributed by atoms with E-state index in [2.05, 4.69) is 32.6 Å². The molecule has 14 atom stereocenters. The van der Waals surface area contributed by atoms with E-state index in [4.69, 9.17) is 61.6 Å². The minimum Gasteiger partial charge on any atom is -0.507 e. The highest BCUT2D eigenvalue weighted by Gasteiger charge is 2.65. The molecule has 618 valence electrons. The predicted octanol–water partition coefficient (Wildman–Crippen LogP) is 9.91. The maximum atomic E-state index is 15.0. The van der Waals surface area contributed by atoms with Gasteiger partial charge in [-0.15, -0.1) is 23.5 Å². The molecule has 29 nitrogen and oxygen atoms in total. The number of esters is 3. The molecule has 4 saturated heterocycles. The van der Waals surface area contributed by atoms with Crippen molar-refractivity contribution in [3.63, 3.8) is 0 Å². The van der Waals surface area contributed by atoms with Crippen LogP contribution in [-0.2, 0) is 65.4 Å². The van der Waals surface area contributed by atoms with Gasteiger partial charge in [-0.3, -0.25) is 30.2 Å². The lowest BCUT2D eigenvalue weighted by Gasteiger charge is -2.62. The molecule has 0 amide bonds. The molecule has 0 aromatic heterocycles. The fraction of sp³-hybridized carbons (Fsp3) is 0.494. The average Bonchev–Trinajstić information content (AvgIpc) is 1.45. The SMILES string of the molecule is COc1cc2c(cc1O)CCN[C@]21CS[C@@H]2c3c(O)c(C)c4c(c3[C@H](COC1=O)N1C2[C@H]2c3c(cc(C)c(OC)c3O)C[C@@H]([C@@H]1C#N)N2C)OCO4.COc1cc2c(cc1OC(=O)OC(C)(C)C)CCN[C@]21CS[C@@H]2c3c(OC(=O)C(F)(F)F)c(C)c4c(c3[C@H](COC1=O)N1C2[C@H]2c3c(cc(C)c(OC)c3O)C[C@@H]([C@@H]1C#N)N2C)OCO4. The molecule has 14 aliphatic rings. The van der Waals surface area contributed by atoms with Crippen LogP contribution in [-0.4, -0.2) is 206 Å². The number of halogens is 3. The van der Waals surface area contributed by atoms with Crippen molar-refractivity contribution in [2.75, 3.05) is 93.9 Å². The van der Waals surface area contributed by atoms with Crippen LogP contribution in [0, 0.1) is 50.4 Å². The number of aromatic hydroxyl groups is 4. The number of fused-ring (bicyclic) bond motifs is 18. The zero-order chi connectivity index (χ0) is 83.0. The number of phenols is 4. The first-order valence-corrected chi connectivity index (χ1v) is 40.5. The van der Waals surface area contributed by atoms with Gasteiger partial charge in [0.25, 0.3) is 0 Å². The van der Waals surface area contributed by atoms with E-state index in [0.717, 1.165) is 27.8 Å². The monoisotopic (exact) mass is 1650 g/mol. The third-order valence-corrected chi connectivity index (χ3v) is 28.3. The Kier molecular flexibility index (Phi) is 19.5. The van der Waals surface area contributed by atoms with Gasteiger partial charge in [0.1, 0.15) is 42.4 Å². The normalized spacial score (nSPS) is 28.2. The van der Waals surface area contributed by atoms with Crippen molar-refractivity contribution < 1.29 is 114 Å². The highest BCUT2D eigenvalue weighted by atomic mass is 32.2. The van der Waals surface area contributed by atoms with Gasteiger partial charge in [-0.05, 0) is 157 Å². The Hall–Kier alpha value is -10.2. The quantitative estimate of drug-likeness (QED) is 0.0391. The summed E-state index contributed by atoms with van der Waals surface area (Å²) in [6, 6.07) is 8.97. The van der Waals surface area contributed by atoms with Crippen LogP contribution in [0.2, 0.25) is 0 Å². The van der Waals surface area contributed by atoms with Crippen LogP contribution < -0.4 is 58.0 Å². The van der Waals surface area contributed by atoms with Crippen LogP contribution >= 0.6 is 23.5 Å². The number of thioether (sulfide) groups is 2. The van der Waals surface area contributed by atoms with Crippen LogP contribution in [0.25, 0.3) is 0 Å². The van der Waals surface area contributed by atoms with E-state index in [0.29, 0.717) is 94.0 Å². The van der Waals surface area contributed by atoms with Gasteiger partial charge >= 0.3 is 30.2 Å². The first kappa shape index (κ1) is 79.3. The standard InChI is InChI=1S/C45H47F3N4O12S.C38H40N4O9S/c1-19-11-22-12-24-25(15-49)52-26-16-59-40(54)44(23-14-27(57-7)28(13-21(23)9-10-50-44)62-42(56)64-43(3,4)5)17-65-39(33(52)32(51(24)6)29(22)34(53)35(19)58-8)31-30(26)38-37(60-18-61-38)20(2)36(31)63-41(55)45(46,47)48;1-16-8-19-9-21-22(12-39)42-23-13-49-37(46)38(20-11-25(47-4)24(43)10-18(20)6-7-40-38)14-52-36(28-27(23)35-34(50-15-51-35)17(2)31(28)44)30(42)29(41(21)3)26(19)32(45)33(16)48-5/h11,13-14,24-26,32-33,39,50,53H,9-10,12,16-18H2,1-8H3;8,10-11,21-23,29-30,36,40,43-45H,6-7,9,13-15H2,1-5H3/t24-,25-,26-,32+,33?,39+,44+;21-,22-,23-,29+,30?,36+,38+/m00/s1. The lowest BCUT2D eigenvalue weighted by Crippen LogP contribution is -2.69. The summed E-state index contributed by atoms with van der Waals surface area (Å²) in [4.78, 5) is 63.7. The topological polar surface area (TPSA) is 354 Å². The number of aryl methyl sites for hydroxylation is 2. The highest BCUT2D eigenvalue weighted by Crippen LogP contribution is 2.68. The number of ether oxygens (including phenoxy) is 13. The minimum absolute atomic E-state index is 0.0111. The van der Waals surface area contributed by atoms with Crippen molar-refractivity contribution in [3.8, 4) is 92.6 Å². The second-order valence-corrected chi connectivity index (χ2v) is 34.7. The molecule has 6 N–H and O–H groups in total. The summed E-state index contributed by atoms with van der Waals surface area (Å²) in [5, 5.41) is 74.5. The number of nitrogens with zero attached hydrogens (tertiary/aromatic N) is 6. The summed E-state index contributed by atoms with van der Waals surface area (Å²) in [5.41, 5.74) is 5.40. The van der Waals surface area contributed by atoms with Crippen molar-refractivity contribution in [3.05, 3.63) is 125 Å². The first-order chi connectivity index (χ1) is 55.8. The number of carbonyl (C=O) groups is 4. The molecule has 0 radical (unpaired) electrons. The molecular weight excluding hydrogens is 1570 g/mol. The van der Waals surface area contributed by atoms with Gasteiger partial charge in [0, 0.05) is 93.3 Å². The fourth-order valence-electron chi connectivity index (χ4n) is 20.5. The van der Waals surface area contributed by atoms with Gasteiger partial charge in [-0.25, -0.2) is 19.2 Å². The van der Waals surface area contributed by atoms with Crippen molar-refractivity contribution in [1.29, 1.82) is 10.5 Å². The number of carbonyl (C=O) groups excluding carboxylic acids is 4. The van der Waals surface area contributed by atoms with Gasteiger partial charge in [0.05, 0.1) is 75.2 Å². The van der Waals surface area contributed by atoms with Crippen molar-refractivity contribution in [1.82, 2.24) is 30.2 Å². The number of nitrogens with one attached hydrogen (secondary N) is 2. The number of hydrogen-bond acceptors (Lipinski definition) is 31. The maximum absolute atomic E-state index is 15.0. The van der Waals surface area contributed by atoms with Gasteiger partial charge < -0.3 is 82.0 Å². The predicted molar refractivity (Wildman–Crippen MR) is 412 cm³/mol. The van der Waals surface area contributed by atoms with Crippen LogP contribution in [0.3, 0.4) is 0 Å². The molecule has 4 fully saturated rings. The van der Waals surface area contributed by atoms with E-state index in [1.165, 1.54) is 51.8 Å². The second kappa shape index (κ2) is 28.8. The minimum atomic E-state index is -5.39.